The number of amides is 2. The van der Waals surface area contributed by atoms with Crippen LogP contribution in [0, 0.1) is 5.82 Å². The number of carbonyl (C=O) groups excluding carboxylic acids is 2. The van der Waals surface area contributed by atoms with Crippen molar-refractivity contribution in [1.82, 2.24) is 10.2 Å². The van der Waals surface area contributed by atoms with Crippen molar-refractivity contribution >= 4 is 39.1 Å². The summed E-state index contributed by atoms with van der Waals surface area (Å²) in [7, 11) is -2.19. The molecule has 8 nitrogen and oxygen atoms in total. The molecule has 1 atom stereocenters. The van der Waals surface area contributed by atoms with E-state index >= 15 is 0 Å². The van der Waals surface area contributed by atoms with E-state index in [-0.39, 0.29) is 48.8 Å². The Bertz CT molecular complexity index is 1220. The molecule has 1 saturated carbocycles. The van der Waals surface area contributed by atoms with E-state index in [4.69, 9.17) is 16.3 Å². The summed E-state index contributed by atoms with van der Waals surface area (Å²) in [4.78, 5) is 27.8. The summed E-state index contributed by atoms with van der Waals surface area (Å²) < 4.78 is 44.8. The van der Waals surface area contributed by atoms with Gasteiger partial charge in [0.2, 0.25) is 21.8 Å². The highest BCUT2D eigenvalue weighted by atomic mass is 35.5. The van der Waals surface area contributed by atoms with Crippen LogP contribution >= 0.6 is 11.6 Å². The van der Waals surface area contributed by atoms with Gasteiger partial charge in [0.25, 0.3) is 0 Å². The van der Waals surface area contributed by atoms with Gasteiger partial charge in [-0.05, 0) is 62.1 Å². The Morgan fingerprint density at radius 3 is 2.39 bits per heavy atom. The van der Waals surface area contributed by atoms with Gasteiger partial charge < -0.3 is 15.0 Å². The number of benzene rings is 2. The molecule has 0 spiro atoms. The van der Waals surface area contributed by atoms with Crippen LogP contribution in [0.3, 0.4) is 0 Å². The van der Waals surface area contributed by atoms with Crippen LogP contribution in [0.2, 0.25) is 5.02 Å². The third-order valence-corrected chi connectivity index (χ3v) is 8.20. The zero-order valence-corrected chi connectivity index (χ0v) is 23.5. The van der Waals surface area contributed by atoms with Crippen molar-refractivity contribution in [3.63, 3.8) is 0 Å². The average molecular weight is 568 g/mol. The van der Waals surface area contributed by atoms with Crippen molar-refractivity contribution in [2.24, 2.45) is 0 Å². The third-order valence-electron chi connectivity index (χ3n) is 6.71. The molecule has 38 heavy (non-hydrogen) atoms. The molecule has 1 aliphatic carbocycles. The van der Waals surface area contributed by atoms with Crippen LogP contribution < -0.4 is 14.4 Å². The second kappa shape index (κ2) is 13.3. The maximum absolute atomic E-state index is 13.4. The van der Waals surface area contributed by atoms with Crippen molar-refractivity contribution in [1.29, 1.82) is 0 Å². The van der Waals surface area contributed by atoms with E-state index in [9.17, 15) is 22.4 Å². The van der Waals surface area contributed by atoms with Crippen molar-refractivity contribution in [3.8, 4) is 5.75 Å². The molecule has 0 bridgehead atoms. The molecule has 1 fully saturated rings. The van der Waals surface area contributed by atoms with Gasteiger partial charge in [0.1, 0.15) is 17.6 Å². The second-order valence-electron chi connectivity index (χ2n) is 9.57. The molecular formula is C27H35ClFN3O5S. The van der Waals surface area contributed by atoms with Crippen LogP contribution in [-0.4, -0.2) is 57.1 Å². The lowest BCUT2D eigenvalue weighted by Gasteiger charge is -2.30. The fourth-order valence-corrected chi connectivity index (χ4v) is 5.78. The zero-order valence-electron chi connectivity index (χ0n) is 22.0. The number of halogens is 2. The number of hydrogen-bond donors (Lipinski definition) is 1. The zero-order chi connectivity index (χ0) is 27.9. The SMILES string of the molecule is COc1ccc(N(CCCC(=O)N(Cc2ccc(F)cc2)[C@H](C)C(=O)NC2CCCC2)S(C)(=O)=O)cc1Cl. The fourth-order valence-electron chi connectivity index (χ4n) is 4.58. The number of anilines is 1. The van der Waals surface area contributed by atoms with Gasteiger partial charge in [0.05, 0.1) is 24.1 Å². The summed E-state index contributed by atoms with van der Waals surface area (Å²) in [6, 6.07) is 9.80. The van der Waals surface area contributed by atoms with E-state index in [0.29, 0.717) is 17.0 Å². The molecule has 0 heterocycles. The third kappa shape index (κ3) is 8.07. The van der Waals surface area contributed by atoms with Crippen LogP contribution in [0.4, 0.5) is 10.1 Å². The predicted molar refractivity (Wildman–Crippen MR) is 146 cm³/mol. The lowest BCUT2D eigenvalue weighted by atomic mass is 10.1. The molecule has 0 aromatic heterocycles. The minimum atomic E-state index is -3.66. The molecule has 1 N–H and O–H groups in total. The average Bonchev–Trinajstić information content (AvgIpc) is 3.38. The Morgan fingerprint density at radius 2 is 1.82 bits per heavy atom. The first-order valence-electron chi connectivity index (χ1n) is 12.6. The second-order valence-corrected chi connectivity index (χ2v) is 11.9. The lowest BCUT2D eigenvalue weighted by molar-refractivity contribution is -0.141. The fraction of sp³-hybridized carbons (Fsp3) is 0.481. The standard InChI is InChI=1S/C27H35ClFN3O5S/c1-19(27(34)30-22-7-4-5-8-22)31(18-20-10-12-21(29)13-11-20)26(33)9-6-16-32(38(3,35)36)23-14-15-25(37-2)24(28)17-23/h10-15,17,19,22H,4-9,16,18H2,1-3H3,(H,30,34)/t19-/m1/s1. The van der Waals surface area contributed by atoms with Gasteiger partial charge in [-0.25, -0.2) is 12.8 Å². The highest BCUT2D eigenvalue weighted by Crippen LogP contribution is 2.30. The molecular weight excluding hydrogens is 533 g/mol. The monoisotopic (exact) mass is 567 g/mol. The highest BCUT2D eigenvalue weighted by molar-refractivity contribution is 7.92. The molecule has 1 aliphatic rings. The van der Waals surface area contributed by atoms with Crippen molar-refractivity contribution in [2.75, 3.05) is 24.2 Å². The van der Waals surface area contributed by atoms with E-state index < -0.39 is 21.9 Å². The van der Waals surface area contributed by atoms with E-state index in [1.54, 1.807) is 31.2 Å². The van der Waals surface area contributed by atoms with Crippen LogP contribution in [0.5, 0.6) is 5.75 Å². The smallest absolute Gasteiger partial charge is 0.242 e. The summed E-state index contributed by atoms with van der Waals surface area (Å²) in [5.41, 5.74) is 1.05. The van der Waals surface area contributed by atoms with Gasteiger partial charge in [0, 0.05) is 25.6 Å². The molecule has 0 saturated heterocycles. The number of nitrogens with zero attached hydrogens (tertiary/aromatic N) is 2. The van der Waals surface area contributed by atoms with Gasteiger partial charge >= 0.3 is 0 Å². The number of hydrogen-bond acceptors (Lipinski definition) is 5. The van der Waals surface area contributed by atoms with Crippen molar-refractivity contribution in [2.45, 2.75) is 64.1 Å². The topological polar surface area (TPSA) is 96.0 Å². The summed E-state index contributed by atoms with van der Waals surface area (Å²) in [6.45, 7) is 1.84. The number of methoxy groups -OCH3 is 1. The molecule has 3 rings (SSSR count). The van der Waals surface area contributed by atoms with Crippen LogP contribution in [0.15, 0.2) is 42.5 Å². The van der Waals surface area contributed by atoms with Crippen LogP contribution in [0.1, 0.15) is 51.0 Å². The maximum Gasteiger partial charge on any atom is 0.242 e. The summed E-state index contributed by atoms with van der Waals surface area (Å²) in [5.74, 6) is -0.513. The molecule has 208 valence electrons. The normalized spacial score (nSPS) is 14.7. The first-order valence-corrected chi connectivity index (χ1v) is 14.9. The van der Waals surface area contributed by atoms with Gasteiger partial charge in [-0.3, -0.25) is 13.9 Å². The van der Waals surface area contributed by atoms with Crippen LogP contribution in [-0.2, 0) is 26.2 Å². The van der Waals surface area contributed by atoms with Crippen LogP contribution in [0.25, 0.3) is 0 Å². The molecule has 0 aliphatic heterocycles. The lowest BCUT2D eigenvalue weighted by Crippen LogP contribution is -2.49. The molecule has 2 aromatic rings. The number of rotatable bonds is 12. The maximum atomic E-state index is 13.4. The Morgan fingerprint density at radius 1 is 1.16 bits per heavy atom. The van der Waals surface area contributed by atoms with E-state index in [0.717, 1.165) is 31.9 Å². The van der Waals surface area contributed by atoms with Crippen molar-refractivity contribution < 1.29 is 27.1 Å². The number of nitrogens with one attached hydrogen (secondary N) is 1. The first kappa shape index (κ1) is 29.7. The Labute approximate surface area is 229 Å². The number of ether oxygens (including phenoxy) is 1. The minimum absolute atomic E-state index is 0.0121. The minimum Gasteiger partial charge on any atom is -0.495 e. The molecule has 0 radical (unpaired) electrons. The number of sulfonamides is 1. The van der Waals surface area contributed by atoms with Gasteiger partial charge in [-0.1, -0.05) is 36.6 Å². The first-order chi connectivity index (χ1) is 18.0. The van der Waals surface area contributed by atoms with Gasteiger partial charge in [-0.15, -0.1) is 0 Å². The van der Waals surface area contributed by atoms with E-state index in [2.05, 4.69) is 5.32 Å². The summed E-state index contributed by atoms with van der Waals surface area (Å²) >= 11 is 6.19. The molecule has 11 heteroatoms. The quantitative estimate of drug-likeness (QED) is 0.407. The predicted octanol–water partition coefficient (Wildman–Crippen LogP) is 4.51. The Kier molecular flexibility index (Phi) is 10.4. The highest BCUT2D eigenvalue weighted by Gasteiger charge is 2.29. The largest absolute Gasteiger partial charge is 0.495 e. The van der Waals surface area contributed by atoms with Gasteiger partial charge in [0.15, 0.2) is 0 Å². The summed E-state index contributed by atoms with van der Waals surface area (Å²) in [5, 5.41) is 3.30. The Balaban J connectivity index is 1.72. The molecule has 2 aromatic carbocycles. The van der Waals surface area contributed by atoms with E-state index in [1.807, 2.05) is 0 Å². The molecule has 2 amide bonds. The van der Waals surface area contributed by atoms with Gasteiger partial charge in [-0.2, -0.15) is 0 Å². The Hall–Kier alpha value is -2.85. The summed E-state index contributed by atoms with van der Waals surface area (Å²) in [6.07, 6.45) is 5.28. The van der Waals surface area contributed by atoms with E-state index in [1.165, 1.54) is 34.5 Å². The molecule has 0 unspecified atom stereocenters. The van der Waals surface area contributed by atoms with Crippen molar-refractivity contribution in [3.05, 3.63) is 58.9 Å². The number of carbonyl (C=O) groups is 2.